The van der Waals surface area contributed by atoms with Gasteiger partial charge in [0.15, 0.2) is 0 Å². The lowest BCUT2D eigenvalue weighted by Gasteiger charge is -2.05. The van der Waals surface area contributed by atoms with E-state index in [1.807, 2.05) is 6.92 Å². The van der Waals surface area contributed by atoms with E-state index in [2.05, 4.69) is 0 Å². The van der Waals surface area contributed by atoms with Crippen molar-refractivity contribution >= 4 is 24.0 Å². The van der Waals surface area contributed by atoms with Gasteiger partial charge in [0.1, 0.15) is 5.75 Å². The van der Waals surface area contributed by atoms with Crippen LogP contribution in [0.1, 0.15) is 16.7 Å². The van der Waals surface area contributed by atoms with Crippen LogP contribution in [0.3, 0.4) is 0 Å². The highest BCUT2D eigenvalue weighted by Crippen LogP contribution is 2.26. The number of amides is 2. The van der Waals surface area contributed by atoms with Crippen LogP contribution in [0.2, 0.25) is 0 Å². The predicted molar refractivity (Wildman–Crippen MR) is 69.3 cm³/mol. The Hall–Kier alpha value is -2.56. The molecule has 0 radical (unpaired) electrons. The van der Waals surface area contributed by atoms with Gasteiger partial charge in [-0.1, -0.05) is 0 Å². The van der Waals surface area contributed by atoms with Crippen molar-refractivity contribution in [3.63, 3.8) is 0 Å². The molecular formula is C13H14N2O3. The number of nitrogens with two attached hydrogens (primary N) is 2. The van der Waals surface area contributed by atoms with Gasteiger partial charge in [0.25, 0.3) is 0 Å². The Balaban J connectivity index is 3.21. The van der Waals surface area contributed by atoms with Gasteiger partial charge in [-0.05, 0) is 36.8 Å². The molecule has 0 aliphatic rings. The zero-order valence-electron chi connectivity index (χ0n) is 9.88. The van der Waals surface area contributed by atoms with Crippen LogP contribution >= 0.6 is 0 Å². The van der Waals surface area contributed by atoms with Crippen molar-refractivity contribution in [2.75, 3.05) is 0 Å². The molecule has 2 amide bonds. The molecule has 18 heavy (non-hydrogen) atoms. The molecule has 0 aromatic heterocycles. The molecule has 0 aliphatic carbocycles. The maximum absolute atomic E-state index is 10.6. The van der Waals surface area contributed by atoms with Gasteiger partial charge in [-0.25, -0.2) is 0 Å². The van der Waals surface area contributed by atoms with Crippen molar-refractivity contribution < 1.29 is 14.7 Å². The Labute approximate surface area is 104 Å². The summed E-state index contributed by atoms with van der Waals surface area (Å²) in [4.78, 5) is 21.3. The first-order valence-corrected chi connectivity index (χ1v) is 5.19. The summed E-state index contributed by atoms with van der Waals surface area (Å²) in [7, 11) is 0. The summed E-state index contributed by atoms with van der Waals surface area (Å²) in [5, 5.41) is 9.93. The molecule has 0 saturated carbocycles. The maximum atomic E-state index is 10.6. The molecule has 0 unspecified atom stereocenters. The quantitative estimate of drug-likeness (QED) is 0.680. The van der Waals surface area contributed by atoms with E-state index in [1.54, 1.807) is 12.1 Å². The molecule has 0 aliphatic heterocycles. The molecule has 1 rings (SSSR count). The largest absolute Gasteiger partial charge is 0.507 e. The number of carbonyl (C=O) groups is 2. The summed E-state index contributed by atoms with van der Waals surface area (Å²) in [5.41, 5.74) is 11.7. The molecule has 94 valence electrons. The smallest absolute Gasteiger partial charge is 0.241 e. The van der Waals surface area contributed by atoms with Crippen LogP contribution < -0.4 is 11.5 Å². The van der Waals surface area contributed by atoms with Crippen molar-refractivity contribution in [2.45, 2.75) is 6.92 Å². The zero-order valence-corrected chi connectivity index (χ0v) is 9.88. The minimum Gasteiger partial charge on any atom is -0.507 e. The maximum Gasteiger partial charge on any atom is 0.241 e. The number of hydrogen-bond donors (Lipinski definition) is 3. The molecular weight excluding hydrogens is 232 g/mol. The number of carbonyl (C=O) groups excluding carboxylic acids is 2. The van der Waals surface area contributed by atoms with Crippen LogP contribution in [0.5, 0.6) is 5.75 Å². The van der Waals surface area contributed by atoms with E-state index in [1.165, 1.54) is 12.2 Å². The number of benzene rings is 1. The third-order valence-electron chi connectivity index (χ3n) is 2.17. The van der Waals surface area contributed by atoms with E-state index in [9.17, 15) is 14.7 Å². The lowest BCUT2D eigenvalue weighted by molar-refractivity contribution is -0.114. The van der Waals surface area contributed by atoms with Crippen LogP contribution in [-0.4, -0.2) is 16.9 Å². The van der Waals surface area contributed by atoms with Gasteiger partial charge >= 0.3 is 0 Å². The lowest BCUT2D eigenvalue weighted by Crippen LogP contribution is -2.05. The normalized spacial score (nSPS) is 11.2. The zero-order chi connectivity index (χ0) is 13.7. The van der Waals surface area contributed by atoms with E-state index in [4.69, 9.17) is 11.5 Å². The van der Waals surface area contributed by atoms with Crippen LogP contribution in [0.15, 0.2) is 24.3 Å². The fourth-order valence-electron chi connectivity index (χ4n) is 1.43. The fraction of sp³-hybridized carbons (Fsp3) is 0.0769. The van der Waals surface area contributed by atoms with Gasteiger partial charge in [-0.2, -0.15) is 0 Å². The second-order valence-corrected chi connectivity index (χ2v) is 3.76. The van der Waals surface area contributed by atoms with Crippen molar-refractivity contribution in [1.29, 1.82) is 0 Å². The number of primary amides is 2. The number of hydrogen-bond acceptors (Lipinski definition) is 3. The average molecular weight is 246 g/mol. The minimum atomic E-state index is -0.606. The Morgan fingerprint density at radius 2 is 1.44 bits per heavy atom. The summed E-state index contributed by atoms with van der Waals surface area (Å²) in [6, 6.07) is 3.38. The second kappa shape index (κ2) is 5.67. The predicted octanol–water partition coefficient (Wildman–Crippen LogP) is 0.698. The fourth-order valence-corrected chi connectivity index (χ4v) is 1.43. The Morgan fingerprint density at radius 3 is 1.78 bits per heavy atom. The highest BCUT2D eigenvalue weighted by molar-refractivity contribution is 5.92. The first-order valence-electron chi connectivity index (χ1n) is 5.19. The van der Waals surface area contributed by atoms with Gasteiger partial charge in [0.05, 0.1) is 0 Å². The van der Waals surface area contributed by atoms with Crippen LogP contribution in [0.25, 0.3) is 12.2 Å². The molecule has 5 N–H and O–H groups in total. The minimum absolute atomic E-state index is 0.0457. The molecule has 0 heterocycles. The molecule has 0 spiro atoms. The summed E-state index contributed by atoms with van der Waals surface area (Å²) in [5.74, 6) is -1.26. The molecule has 0 bridgehead atoms. The number of rotatable bonds is 4. The van der Waals surface area contributed by atoms with Crippen LogP contribution in [-0.2, 0) is 9.59 Å². The third-order valence-corrected chi connectivity index (χ3v) is 2.17. The summed E-state index contributed by atoms with van der Waals surface area (Å²) >= 11 is 0. The van der Waals surface area contributed by atoms with E-state index in [0.717, 1.165) is 17.7 Å². The Morgan fingerprint density at radius 1 is 1.06 bits per heavy atom. The number of aromatic hydroxyl groups is 1. The van der Waals surface area contributed by atoms with Gasteiger partial charge in [0, 0.05) is 23.3 Å². The number of aryl methyl sites for hydroxylation is 1. The highest BCUT2D eigenvalue weighted by Gasteiger charge is 2.05. The van der Waals surface area contributed by atoms with Crippen molar-refractivity contribution in [3.8, 4) is 5.75 Å². The topological polar surface area (TPSA) is 106 Å². The van der Waals surface area contributed by atoms with Gasteiger partial charge in [0.2, 0.25) is 11.8 Å². The second-order valence-electron chi connectivity index (χ2n) is 3.76. The molecule has 0 atom stereocenters. The summed E-state index contributed by atoms with van der Waals surface area (Å²) < 4.78 is 0. The number of phenolic OH excluding ortho intramolecular Hbond substituents is 1. The third kappa shape index (κ3) is 3.79. The van der Waals surface area contributed by atoms with Crippen LogP contribution in [0.4, 0.5) is 0 Å². The van der Waals surface area contributed by atoms with E-state index >= 15 is 0 Å². The van der Waals surface area contributed by atoms with Crippen molar-refractivity contribution in [1.82, 2.24) is 0 Å². The average Bonchev–Trinajstić information content (AvgIpc) is 2.27. The standard InChI is InChI=1S/C13H14N2O3/c1-8-6-9(2-4-11(14)16)13(18)10(7-8)3-5-12(15)17/h2-7,18H,1H3,(H2,14,16)(H2,15,17)/b4-2-,5-3-. The molecule has 0 fully saturated rings. The first kappa shape index (κ1) is 13.5. The van der Waals surface area contributed by atoms with E-state index < -0.39 is 11.8 Å². The SMILES string of the molecule is Cc1cc(/C=C\C(N)=O)c(O)c(/C=C\C(N)=O)c1. The molecule has 5 heteroatoms. The lowest BCUT2D eigenvalue weighted by atomic mass is 10.0. The summed E-state index contributed by atoms with van der Waals surface area (Å²) in [6.45, 7) is 1.82. The van der Waals surface area contributed by atoms with Gasteiger partial charge < -0.3 is 16.6 Å². The van der Waals surface area contributed by atoms with Gasteiger partial charge in [-0.15, -0.1) is 0 Å². The summed E-state index contributed by atoms with van der Waals surface area (Å²) in [6.07, 6.45) is 5.12. The van der Waals surface area contributed by atoms with Gasteiger partial charge in [-0.3, -0.25) is 9.59 Å². The van der Waals surface area contributed by atoms with E-state index in [-0.39, 0.29) is 5.75 Å². The van der Waals surface area contributed by atoms with Crippen LogP contribution in [0, 0.1) is 6.92 Å². The van der Waals surface area contributed by atoms with E-state index in [0.29, 0.717) is 11.1 Å². The monoisotopic (exact) mass is 246 g/mol. The Kier molecular flexibility index (Phi) is 4.26. The van der Waals surface area contributed by atoms with Crippen molar-refractivity contribution in [3.05, 3.63) is 41.0 Å². The molecule has 0 saturated heterocycles. The molecule has 1 aromatic rings. The van der Waals surface area contributed by atoms with Crippen molar-refractivity contribution in [2.24, 2.45) is 11.5 Å². The Bertz CT molecular complexity index is 500. The highest BCUT2D eigenvalue weighted by atomic mass is 16.3. The molecule has 1 aromatic carbocycles. The first-order chi connectivity index (χ1) is 8.40. The molecule has 5 nitrogen and oxygen atoms in total. The number of phenols is 1.